The molecule has 0 aliphatic heterocycles. The number of hydrogen-bond donors (Lipinski definition) is 1. The number of rotatable bonds is 7. The first-order valence-electron chi connectivity index (χ1n) is 7.19. The van der Waals surface area contributed by atoms with Gasteiger partial charge in [-0.3, -0.25) is 4.90 Å². The highest BCUT2D eigenvalue weighted by Gasteiger charge is 2.31. The highest BCUT2D eigenvalue weighted by molar-refractivity contribution is 9.10. The lowest BCUT2D eigenvalue weighted by Crippen LogP contribution is -2.56. The van der Waals surface area contributed by atoms with E-state index in [-0.39, 0.29) is 11.6 Å². The minimum absolute atomic E-state index is 0.0448. The van der Waals surface area contributed by atoms with Crippen LogP contribution in [0.4, 0.5) is 0 Å². The van der Waals surface area contributed by atoms with Crippen LogP contribution in [0.5, 0.6) is 5.75 Å². The molecule has 0 aromatic heterocycles. The summed E-state index contributed by atoms with van der Waals surface area (Å²) in [7, 11) is 1.70. The van der Waals surface area contributed by atoms with E-state index in [9.17, 15) is 0 Å². The van der Waals surface area contributed by atoms with Crippen LogP contribution in [-0.4, -0.2) is 36.7 Å². The van der Waals surface area contributed by atoms with Crippen LogP contribution in [0.25, 0.3) is 0 Å². The second-order valence-electron chi connectivity index (χ2n) is 5.59. The summed E-state index contributed by atoms with van der Waals surface area (Å²) in [6.45, 7) is 10.8. The number of nitrogens with two attached hydrogens (primary N) is 1. The standard InChI is InChI=1S/C16H27BrN2O/c1-6-19(7-2)16(3,4)15(18)11-12-10-13(17)8-9-14(12)20-5/h8-10,15H,6-7,11,18H2,1-5H3. The van der Waals surface area contributed by atoms with Gasteiger partial charge in [0, 0.05) is 16.1 Å². The van der Waals surface area contributed by atoms with Crippen molar-refractivity contribution in [2.24, 2.45) is 5.73 Å². The zero-order chi connectivity index (χ0) is 15.3. The highest BCUT2D eigenvalue weighted by atomic mass is 79.9. The Kier molecular flexibility index (Phi) is 6.49. The summed E-state index contributed by atoms with van der Waals surface area (Å²) in [4.78, 5) is 2.40. The SMILES string of the molecule is CCN(CC)C(C)(C)C(N)Cc1cc(Br)ccc1OC. The molecule has 1 rings (SSSR count). The van der Waals surface area contributed by atoms with E-state index in [0.717, 1.165) is 35.3 Å². The average Bonchev–Trinajstić information content (AvgIpc) is 2.40. The molecular weight excluding hydrogens is 316 g/mol. The molecule has 1 aromatic carbocycles. The molecule has 4 heteroatoms. The molecule has 0 saturated heterocycles. The molecular formula is C16H27BrN2O. The first-order chi connectivity index (χ1) is 9.36. The summed E-state index contributed by atoms with van der Waals surface area (Å²) in [5.74, 6) is 0.902. The van der Waals surface area contributed by atoms with Crippen molar-refractivity contribution in [1.29, 1.82) is 0 Å². The Hall–Kier alpha value is -0.580. The van der Waals surface area contributed by atoms with Crippen molar-refractivity contribution in [1.82, 2.24) is 4.90 Å². The lowest BCUT2D eigenvalue weighted by atomic mass is 9.88. The second-order valence-corrected chi connectivity index (χ2v) is 6.51. The van der Waals surface area contributed by atoms with Crippen LogP contribution in [0.1, 0.15) is 33.3 Å². The minimum Gasteiger partial charge on any atom is -0.496 e. The van der Waals surface area contributed by atoms with Gasteiger partial charge >= 0.3 is 0 Å². The Bertz CT molecular complexity index is 430. The van der Waals surface area contributed by atoms with Crippen molar-refractivity contribution in [3.8, 4) is 5.75 Å². The Balaban J connectivity index is 2.94. The van der Waals surface area contributed by atoms with Gasteiger partial charge in [0.2, 0.25) is 0 Å². The van der Waals surface area contributed by atoms with Gasteiger partial charge in [0.15, 0.2) is 0 Å². The summed E-state index contributed by atoms with van der Waals surface area (Å²) in [6.07, 6.45) is 0.798. The zero-order valence-electron chi connectivity index (χ0n) is 13.2. The fourth-order valence-corrected chi connectivity index (χ4v) is 3.08. The monoisotopic (exact) mass is 342 g/mol. The summed E-state index contributed by atoms with van der Waals surface area (Å²) in [5.41, 5.74) is 7.60. The molecule has 2 N–H and O–H groups in total. The quantitative estimate of drug-likeness (QED) is 0.824. The highest BCUT2D eigenvalue weighted by Crippen LogP contribution is 2.27. The molecule has 0 bridgehead atoms. The fraction of sp³-hybridized carbons (Fsp3) is 0.625. The number of ether oxygens (including phenoxy) is 1. The Labute approximate surface area is 131 Å². The molecule has 20 heavy (non-hydrogen) atoms. The number of halogens is 1. The molecule has 0 spiro atoms. The third-order valence-electron chi connectivity index (χ3n) is 4.17. The third-order valence-corrected chi connectivity index (χ3v) is 4.66. The fourth-order valence-electron chi connectivity index (χ4n) is 2.67. The first kappa shape index (κ1) is 17.5. The molecule has 0 fully saturated rings. The van der Waals surface area contributed by atoms with Gasteiger partial charge in [-0.25, -0.2) is 0 Å². The molecule has 0 heterocycles. The van der Waals surface area contributed by atoms with E-state index in [1.54, 1.807) is 7.11 Å². The smallest absolute Gasteiger partial charge is 0.122 e. The Morgan fingerprint density at radius 1 is 1.30 bits per heavy atom. The van der Waals surface area contributed by atoms with Crippen molar-refractivity contribution in [2.45, 2.75) is 45.7 Å². The van der Waals surface area contributed by atoms with Crippen LogP contribution >= 0.6 is 15.9 Å². The van der Waals surface area contributed by atoms with Gasteiger partial charge in [-0.1, -0.05) is 29.8 Å². The molecule has 0 saturated carbocycles. The van der Waals surface area contributed by atoms with Crippen molar-refractivity contribution < 1.29 is 4.74 Å². The predicted molar refractivity (Wildman–Crippen MR) is 89.4 cm³/mol. The van der Waals surface area contributed by atoms with Crippen molar-refractivity contribution in [3.05, 3.63) is 28.2 Å². The topological polar surface area (TPSA) is 38.5 Å². The number of benzene rings is 1. The maximum Gasteiger partial charge on any atom is 0.122 e. The average molecular weight is 343 g/mol. The van der Waals surface area contributed by atoms with Crippen LogP contribution in [0, 0.1) is 0 Å². The molecule has 1 unspecified atom stereocenters. The van der Waals surface area contributed by atoms with Gasteiger partial charge in [-0.15, -0.1) is 0 Å². The van der Waals surface area contributed by atoms with Gasteiger partial charge in [0.1, 0.15) is 5.75 Å². The number of nitrogens with zero attached hydrogens (tertiary/aromatic N) is 1. The van der Waals surface area contributed by atoms with E-state index >= 15 is 0 Å². The van der Waals surface area contributed by atoms with Crippen molar-refractivity contribution in [3.63, 3.8) is 0 Å². The van der Waals surface area contributed by atoms with Gasteiger partial charge in [0.05, 0.1) is 7.11 Å². The molecule has 1 atom stereocenters. The van der Waals surface area contributed by atoms with E-state index in [1.807, 2.05) is 12.1 Å². The van der Waals surface area contributed by atoms with Crippen LogP contribution < -0.4 is 10.5 Å². The van der Waals surface area contributed by atoms with E-state index in [4.69, 9.17) is 10.5 Å². The first-order valence-corrected chi connectivity index (χ1v) is 7.99. The Morgan fingerprint density at radius 3 is 2.40 bits per heavy atom. The maximum atomic E-state index is 6.50. The van der Waals surface area contributed by atoms with E-state index in [0.29, 0.717) is 0 Å². The zero-order valence-corrected chi connectivity index (χ0v) is 14.8. The van der Waals surface area contributed by atoms with Crippen LogP contribution in [0.3, 0.4) is 0 Å². The van der Waals surface area contributed by atoms with E-state index < -0.39 is 0 Å². The number of likely N-dealkylation sites (N-methyl/N-ethyl adjacent to an activating group) is 1. The normalized spacial score (nSPS) is 13.6. The molecule has 0 aliphatic carbocycles. The summed E-state index contributed by atoms with van der Waals surface area (Å²) in [5, 5.41) is 0. The molecule has 1 aromatic rings. The van der Waals surface area contributed by atoms with Gasteiger partial charge in [-0.05, 0) is 57.1 Å². The number of methoxy groups -OCH3 is 1. The van der Waals surface area contributed by atoms with E-state index in [2.05, 4.69) is 54.6 Å². The van der Waals surface area contributed by atoms with Gasteiger partial charge in [0.25, 0.3) is 0 Å². The minimum atomic E-state index is -0.0448. The van der Waals surface area contributed by atoms with Crippen molar-refractivity contribution in [2.75, 3.05) is 20.2 Å². The largest absolute Gasteiger partial charge is 0.496 e. The maximum absolute atomic E-state index is 6.50. The van der Waals surface area contributed by atoms with Crippen LogP contribution in [0.15, 0.2) is 22.7 Å². The van der Waals surface area contributed by atoms with Crippen LogP contribution in [-0.2, 0) is 6.42 Å². The molecule has 0 amide bonds. The lowest BCUT2D eigenvalue weighted by Gasteiger charge is -2.42. The van der Waals surface area contributed by atoms with Gasteiger partial charge in [-0.2, -0.15) is 0 Å². The Morgan fingerprint density at radius 2 is 1.90 bits per heavy atom. The molecule has 114 valence electrons. The number of hydrogen-bond acceptors (Lipinski definition) is 3. The predicted octanol–water partition coefficient (Wildman–Crippen LogP) is 3.45. The summed E-state index contributed by atoms with van der Waals surface area (Å²) in [6, 6.07) is 6.11. The third kappa shape index (κ3) is 3.96. The van der Waals surface area contributed by atoms with Crippen molar-refractivity contribution >= 4 is 15.9 Å². The lowest BCUT2D eigenvalue weighted by molar-refractivity contribution is 0.106. The molecule has 0 radical (unpaired) electrons. The summed E-state index contributed by atoms with van der Waals surface area (Å²) < 4.78 is 6.49. The molecule has 3 nitrogen and oxygen atoms in total. The second kappa shape index (κ2) is 7.43. The van der Waals surface area contributed by atoms with Crippen LogP contribution in [0.2, 0.25) is 0 Å². The molecule has 0 aliphatic rings. The van der Waals surface area contributed by atoms with E-state index in [1.165, 1.54) is 0 Å². The van der Waals surface area contributed by atoms with Gasteiger partial charge < -0.3 is 10.5 Å². The summed E-state index contributed by atoms with van der Waals surface area (Å²) >= 11 is 3.52.